The zero-order chi connectivity index (χ0) is 16.5. The number of hydrogen-bond acceptors (Lipinski definition) is 5. The van der Waals surface area contributed by atoms with Crippen LogP contribution in [0.1, 0.15) is 29.1 Å². The Kier molecular flexibility index (Phi) is 4.08. The summed E-state index contributed by atoms with van der Waals surface area (Å²) in [6, 6.07) is 6.26. The molecule has 0 radical (unpaired) electrons. The van der Waals surface area contributed by atoms with Crippen molar-refractivity contribution in [1.82, 2.24) is 19.4 Å². The molecule has 0 amide bonds. The summed E-state index contributed by atoms with van der Waals surface area (Å²) >= 11 is 0. The fraction of sp³-hybridized carbons (Fsp3) is 0.444. The molecule has 126 valence electrons. The van der Waals surface area contributed by atoms with Gasteiger partial charge in [-0.2, -0.15) is 0 Å². The lowest BCUT2D eigenvalue weighted by Gasteiger charge is -2.17. The van der Waals surface area contributed by atoms with E-state index in [0.717, 1.165) is 48.7 Å². The minimum atomic E-state index is 0.265. The van der Waals surface area contributed by atoms with Crippen LogP contribution in [0.2, 0.25) is 0 Å². The number of nitrogens with zero attached hydrogens (tertiary/aromatic N) is 4. The van der Waals surface area contributed by atoms with Crippen molar-refractivity contribution in [2.24, 2.45) is 0 Å². The Balaban J connectivity index is 1.36. The minimum absolute atomic E-state index is 0.265. The van der Waals surface area contributed by atoms with Crippen molar-refractivity contribution in [2.75, 3.05) is 13.1 Å². The molecule has 3 aromatic heterocycles. The highest BCUT2D eigenvalue weighted by molar-refractivity contribution is 5.39. The maximum atomic E-state index is 6.09. The van der Waals surface area contributed by atoms with Crippen molar-refractivity contribution in [1.29, 1.82) is 0 Å². The summed E-state index contributed by atoms with van der Waals surface area (Å²) in [6.07, 6.45) is 5.19. The van der Waals surface area contributed by atoms with Crippen LogP contribution in [0.25, 0.3) is 5.65 Å². The van der Waals surface area contributed by atoms with E-state index in [0.29, 0.717) is 6.61 Å². The Morgan fingerprint density at radius 1 is 1.33 bits per heavy atom. The van der Waals surface area contributed by atoms with E-state index in [2.05, 4.69) is 31.6 Å². The minimum Gasteiger partial charge on any atom is -0.372 e. The molecule has 0 bridgehead atoms. The van der Waals surface area contributed by atoms with Crippen LogP contribution in [0, 0.1) is 13.8 Å². The number of hydrogen-bond donors (Lipinski definition) is 0. The molecule has 24 heavy (non-hydrogen) atoms. The molecule has 6 heteroatoms. The van der Waals surface area contributed by atoms with E-state index in [1.54, 1.807) is 0 Å². The van der Waals surface area contributed by atoms with Gasteiger partial charge in [0.2, 0.25) is 0 Å². The predicted molar refractivity (Wildman–Crippen MR) is 89.6 cm³/mol. The van der Waals surface area contributed by atoms with E-state index in [1.807, 2.05) is 32.3 Å². The van der Waals surface area contributed by atoms with Gasteiger partial charge in [0.15, 0.2) is 0 Å². The summed E-state index contributed by atoms with van der Waals surface area (Å²) in [5, 5.41) is 3.98. The molecule has 0 saturated carbocycles. The van der Waals surface area contributed by atoms with E-state index >= 15 is 0 Å². The number of aromatic nitrogens is 3. The quantitative estimate of drug-likeness (QED) is 0.721. The van der Waals surface area contributed by atoms with Gasteiger partial charge in [-0.25, -0.2) is 4.98 Å². The molecule has 1 atom stereocenters. The van der Waals surface area contributed by atoms with Gasteiger partial charge in [-0.15, -0.1) is 0 Å². The second kappa shape index (κ2) is 6.37. The molecule has 0 aliphatic carbocycles. The van der Waals surface area contributed by atoms with Crippen molar-refractivity contribution in [3.05, 3.63) is 53.3 Å². The van der Waals surface area contributed by atoms with Crippen LogP contribution < -0.4 is 0 Å². The monoisotopic (exact) mass is 326 g/mol. The van der Waals surface area contributed by atoms with Crippen molar-refractivity contribution in [3.63, 3.8) is 0 Å². The highest BCUT2D eigenvalue weighted by Gasteiger charge is 2.24. The summed E-state index contributed by atoms with van der Waals surface area (Å²) in [4.78, 5) is 6.79. The fourth-order valence-corrected chi connectivity index (χ4v) is 3.35. The predicted octanol–water partition coefficient (Wildman–Crippen LogP) is 2.73. The van der Waals surface area contributed by atoms with Gasteiger partial charge in [-0.05, 0) is 32.4 Å². The molecular formula is C18H22N4O2. The lowest BCUT2D eigenvalue weighted by atomic mass is 10.2. The zero-order valence-corrected chi connectivity index (χ0v) is 14.1. The van der Waals surface area contributed by atoms with Crippen molar-refractivity contribution in [2.45, 2.75) is 39.5 Å². The number of pyridine rings is 1. The molecule has 0 N–H and O–H groups in total. The molecular weight excluding hydrogens is 304 g/mol. The lowest BCUT2D eigenvalue weighted by molar-refractivity contribution is 0.0452. The third kappa shape index (κ3) is 2.95. The van der Waals surface area contributed by atoms with Crippen LogP contribution in [-0.4, -0.2) is 38.6 Å². The van der Waals surface area contributed by atoms with Gasteiger partial charge in [0, 0.05) is 43.3 Å². The summed E-state index contributed by atoms with van der Waals surface area (Å²) < 4.78 is 13.4. The number of imidazole rings is 1. The molecule has 1 aliphatic rings. The van der Waals surface area contributed by atoms with Gasteiger partial charge in [-0.1, -0.05) is 11.2 Å². The molecule has 4 heterocycles. The first-order valence-electron chi connectivity index (χ1n) is 8.37. The van der Waals surface area contributed by atoms with E-state index < -0.39 is 0 Å². The van der Waals surface area contributed by atoms with Crippen LogP contribution in [0.15, 0.2) is 35.1 Å². The van der Waals surface area contributed by atoms with E-state index in [9.17, 15) is 0 Å². The molecule has 0 spiro atoms. The first kappa shape index (κ1) is 15.4. The Morgan fingerprint density at radius 3 is 3.08 bits per heavy atom. The first-order valence-corrected chi connectivity index (χ1v) is 8.37. The number of ether oxygens (including phenoxy) is 1. The fourth-order valence-electron chi connectivity index (χ4n) is 3.35. The maximum absolute atomic E-state index is 6.09. The second-order valence-electron chi connectivity index (χ2n) is 6.43. The smallest absolute Gasteiger partial charge is 0.139 e. The molecule has 0 aromatic carbocycles. The standard InChI is InChI=1S/C18H22N4O2/c1-13-17(14(2)24-20-13)12-23-16-6-8-21(11-16)10-15-4-3-5-18-19-7-9-22(15)18/h3-5,7,9,16H,6,8,10-12H2,1-2H3. The molecule has 3 aromatic rings. The average molecular weight is 326 g/mol. The zero-order valence-electron chi connectivity index (χ0n) is 14.1. The highest BCUT2D eigenvalue weighted by Crippen LogP contribution is 2.20. The van der Waals surface area contributed by atoms with Crippen LogP contribution in [0.5, 0.6) is 0 Å². The Bertz CT molecular complexity index is 819. The van der Waals surface area contributed by atoms with E-state index in [-0.39, 0.29) is 6.10 Å². The summed E-state index contributed by atoms with van der Waals surface area (Å²) in [7, 11) is 0. The van der Waals surface area contributed by atoms with Gasteiger partial charge < -0.3 is 13.7 Å². The van der Waals surface area contributed by atoms with Crippen molar-refractivity contribution < 1.29 is 9.26 Å². The van der Waals surface area contributed by atoms with Crippen molar-refractivity contribution >= 4 is 5.65 Å². The number of likely N-dealkylation sites (tertiary alicyclic amines) is 1. The molecule has 1 unspecified atom stereocenters. The number of fused-ring (bicyclic) bond motifs is 1. The van der Waals surface area contributed by atoms with Crippen molar-refractivity contribution in [3.8, 4) is 0 Å². The van der Waals surface area contributed by atoms with Gasteiger partial charge in [0.05, 0.1) is 18.4 Å². The highest BCUT2D eigenvalue weighted by atomic mass is 16.5. The summed E-state index contributed by atoms with van der Waals surface area (Å²) in [5.74, 6) is 0.856. The summed E-state index contributed by atoms with van der Waals surface area (Å²) in [6.45, 7) is 7.40. The van der Waals surface area contributed by atoms with E-state index in [1.165, 1.54) is 5.69 Å². The maximum Gasteiger partial charge on any atom is 0.139 e. The van der Waals surface area contributed by atoms with Crippen LogP contribution in [0.3, 0.4) is 0 Å². The topological polar surface area (TPSA) is 55.8 Å². The van der Waals surface area contributed by atoms with Crippen LogP contribution in [0.4, 0.5) is 0 Å². The van der Waals surface area contributed by atoms with Gasteiger partial charge in [0.25, 0.3) is 0 Å². The lowest BCUT2D eigenvalue weighted by Crippen LogP contribution is -2.24. The largest absolute Gasteiger partial charge is 0.372 e. The van der Waals surface area contributed by atoms with Gasteiger partial charge in [-0.3, -0.25) is 4.90 Å². The van der Waals surface area contributed by atoms with Crippen LogP contribution >= 0.6 is 0 Å². The second-order valence-corrected chi connectivity index (χ2v) is 6.43. The van der Waals surface area contributed by atoms with Gasteiger partial charge >= 0.3 is 0 Å². The summed E-state index contributed by atoms with van der Waals surface area (Å²) in [5.41, 5.74) is 4.26. The molecule has 1 aliphatic heterocycles. The Morgan fingerprint density at radius 2 is 2.25 bits per heavy atom. The SMILES string of the molecule is Cc1noc(C)c1COC1CCN(Cc2cccc3nccn23)C1. The molecule has 6 nitrogen and oxygen atoms in total. The Labute approximate surface area is 141 Å². The van der Waals surface area contributed by atoms with E-state index in [4.69, 9.17) is 9.26 Å². The molecule has 1 saturated heterocycles. The third-order valence-electron chi connectivity index (χ3n) is 4.77. The normalized spacial score (nSPS) is 18.7. The average Bonchev–Trinajstić information content (AvgIpc) is 3.28. The number of rotatable bonds is 5. The third-order valence-corrected chi connectivity index (χ3v) is 4.77. The van der Waals surface area contributed by atoms with Gasteiger partial charge in [0.1, 0.15) is 11.4 Å². The number of aryl methyl sites for hydroxylation is 2. The first-order chi connectivity index (χ1) is 11.7. The molecule has 1 fully saturated rings. The Hall–Kier alpha value is -2.18. The molecule has 4 rings (SSSR count). The van der Waals surface area contributed by atoms with Crippen LogP contribution in [-0.2, 0) is 17.9 Å².